The Morgan fingerprint density at radius 2 is 1.90 bits per heavy atom. The number of carboxylic acids is 1. The Hall–Kier alpha value is -1.48. The fourth-order valence-electron chi connectivity index (χ4n) is 4.68. The number of hydrogen-bond acceptors (Lipinski definition) is 6. The van der Waals surface area contributed by atoms with E-state index in [0.29, 0.717) is 37.6 Å². The maximum Gasteiger partial charge on any atom is 0.304 e. The SMILES string of the molecule is CS(=O)(=O)N1CCC(c2noc([C@@H](CCCC3CCCCC3)CC(=O)O)n2)CC1. The van der Waals surface area contributed by atoms with Crippen molar-refractivity contribution in [1.82, 2.24) is 14.4 Å². The zero-order valence-electron chi connectivity index (χ0n) is 17.3. The molecule has 8 nitrogen and oxygen atoms in total. The van der Waals surface area contributed by atoms with Gasteiger partial charge in [0.05, 0.1) is 12.7 Å². The summed E-state index contributed by atoms with van der Waals surface area (Å²) in [6.45, 7) is 0.903. The van der Waals surface area contributed by atoms with Gasteiger partial charge in [0.15, 0.2) is 5.82 Å². The lowest BCUT2D eigenvalue weighted by Crippen LogP contribution is -2.37. The van der Waals surface area contributed by atoms with Crippen LogP contribution in [0.25, 0.3) is 0 Å². The molecule has 0 aromatic carbocycles. The van der Waals surface area contributed by atoms with E-state index in [1.165, 1.54) is 42.7 Å². The number of sulfonamides is 1. The molecule has 1 atom stereocenters. The molecule has 9 heteroatoms. The summed E-state index contributed by atoms with van der Waals surface area (Å²) < 4.78 is 30.3. The molecular formula is C20H33N3O5S. The van der Waals surface area contributed by atoms with Crippen LogP contribution in [0.2, 0.25) is 0 Å². The summed E-state index contributed by atoms with van der Waals surface area (Å²) in [5, 5.41) is 13.4. The van der Waals surface area contributed by atoms with Crippen LogP contribution in [0.3, 0.4) is 0 Å². The number of carbonyl (C=O) groups is 1. The summed E-state index contributed by atoms with van der Waals surface area (Å²) in [5.41, 5.74) is 0. The van der Waals surface area contributed by atoms with E-state index in [1.807, 2.05) is 0 Å². The summed E-state index contributed by atoms with van der Waals surface area (Å²) >= 11 is 0. The number of aliphatic carboxylic acids is 1. The number of piperidine rings is 1. The molecule has 0 bridgehead atoms. The lowest BCUT2D eigenvalue weighted by atomic mass is 9.84. The molecular weight excluding hydrogens is 394 g/mol. The highest BCUT2D eigenvalue weighted by molar-refractivity contribution is 7.88. The Balaban J connectivity index is 1.56. The van der Waals surface area contributed by atoms with Gasteiger partial charge in [-0.15, -0.1) is 0 Å². The van der Waals surface area contributed by atoms with Crippen LogP contribution in [0.15, 0.2) is 4.52 Å². The largest absolute Gasteiger partial charge is 0.481 e. The smallest absolute Gasteiger partial charge is 0.304 e. The lowest BCUT2D eigenvalue weighted by Gasteiger charge is -2.28. The van der Waals surface area contributed by atoms with Gasteiger partial charge in [-0.2, -0.15) is 4.98 Å². The van der Waals surface area contributed by atoms with Crippen LogP contribution < -0.4 is 0 Å². The van der Waals surface area contributed by atoms with Crippen molar-refractivity contribution in [3.05, 3.63) is 11.7 Å². The van der Waals surface area contributed by atoms with E-state index in [4.69, 9.17) is 4.52 Å². The van der Waals surface area contributed by atoms with Gasteiger partial charge < -0.3 is 9.63 Å². The van der Waals surface area contributed by atoms with E-state index >= 15 is 0 Å². The predicted molar refractivity (Wildman–Crippen MR) is 108 cm³/mol. The molecule has 1 N–H and O–H groups in total. The topological polar surface area (TPSA) is 114 Å². The molecule has 1 aliphatic carbocycles. The van der Waals surface area contributed by atoms with E-state index in [2.05, 4.69) is 10.1 Å². The molecule has 0 amide bonds. The molecule has 164 valence electrons. The Labute approximate surface area is 173 Å². The molecule has 1 saturated heterocycles. The summed E-state index contributed by atoms with van der Waals surface area (Å²) in [6, 6.07) is 0. The second kappa shape index (κ2) is 10.0. The summed E-state index contributed by atoms with van der Waals surface area (Å²) in [4.78, 5) is 15.9. The van der Waals surface area contributed by atoms with Crippen LogP contribution in [0, 0.1) is 5.92 Å². The third-order valence-electron chi connectivity index (χ3n) is 6.41. The van der Waals surface area contributed by atoms with Gasteiger partial charge in [-0.05, 0) is 25.2 Å². The first-order valence-electron chi connectivity index (χ1n) is 10.8. The van der Waals surface area contributed by atoms with Crippen molar-refractivity contribution in [3.63, 3.8) is 0 Å². The molecule has 2 heterocycles. The van der Waals surface area contributed by atoms with Gasteiger partial charge in [0.1, 0.15) is 0 Å². The molecule has 29 heavy (non-hydrogen) atoms. The third-order valence-corrected chi connectivity index (χ3v) is 7.71. The number of rotatable bonds is 9. The van der Waals surface area contributed by atoms with Crippen LogP contribution in [0.5, 0.6) is 0 Å². The molecule has 1 aliphatic heterocycles. The van der Waals surface area contributed by atoms with E-state index in [-0.39, 0.29) is 18.3 Å². The number of nitrogens with zero attached hydrogens (tertiary/aromatic N) is 3. The normalized spacial score (nSPS) is 21.3. The minimum absolute atomic E-state index is 0.00117. The lowest BCUT2D eigenvalue weighted by molar-refractivity contribution is -0.137. The second-order valence-corrected chi connectivity index (χ2v) is 10.6. The summed E-state index contributed by atoms with van der Waals surface area (Å²) in [5.74, 6) is 0.709. The standard InChI is InChI=1S/C20H33N3O5S/c1-29(26,27)23-12-10-16(11-13-23)19-21-20(28-22-19)17(14-18(24)25)9-5-8-15-6-3-2-4-7-15/h15-17H,2-14H2,1H3,(H,24,25)/t17-/m0/s1. The van der Waals surface area contributed by atoms with Crippen molar-refractivity contribution in [2.45, 2.75) is 82.5 Å². The first-order chi connectivity index (χ1) is 13.8. The minimum Gasteiger partial charge on any atom is -0.481 e. The van der Waals surface area contributed by atoms with Crippen molar-refractivity contribution in [3.8, 4) is 0 Å². The van der Waals surface area contributed by atoms with Gasteiger partial charge in [0.25, 0.3) is 0 Å². The predicted octanol–water partition coefficient (Wildman–Crippen LogP) is 3.52. The maximum atomic E-state index is 11.7. The van der Waals surface area contributed by atoms with E-state index in [9.17, 15) is 18.3 Å². The second-order valence-electron chi connectivity index (χ2n) is 8.66. The van der Waals surface area contributed by atoms with Crippen molar-refractivity contribution in [2.75, 3.05) is 19.3 Å². The zero-order valence-corrected chi connectivity index (χ0v) is 18.1. The molecule has 2 fully saturated rings. The van der Waals surface area contributed by atoms with Gasteiger partial charge in [-0.25, -0.2) is 12.7 Å². The van der Waals surface area contributed by atoms with Crippen LogP contribution in [0.4, 0.5) is 0 Å². The molecule has 1 aromatic rings. The van der Waals surface area contributed by atoms with Crippen molar-refractivity contribution < 1.29 is 22.8 Å². The molecule has 3 rings (SSSR count). The van der Waals surface area contributed by atoms with Gasteiger partial charge in [0, 0.05) is 24.9 Å². The fourth-order valence-corrected chi connectivity index (χ4v) is 5.55. The van der Waals surface area contributed by atoms with E-state index < -0.39 is 16.0 Å². The third kappa shape index (κ3) is 6.50. The van der Waals surface area contributed by atoms with Crippen molar-refractivity contribution in [2.24, 2.45) is 5.92 Å². The van der Waals surface area contributed by atoms with Gasteiger partial charge in [-0.1, -0.05) is 50.1 Å². The minimum atomic E-state index is -3.17. The molecule has 0 spiro atoms. The highest BCUT2D eigenvalue weighted by Gasteiger charge is 2.30. The van der Waals surface area contributed by atoms with E-state index in [0.717, 1.165) is 25.2 Å². The Morgan fingerprint density at radius 1 is 1.21 bits per heavy atom. The molecule has 0 unspecified atom stereocenters. The van der Waals surface area contributed by atoms with Gasteiger partial charge >= 0.3 is 5.97 Å². The Kier molecular flexibility index (Phi) is 7.67. The van der Waals surface area contributed by atoms with Crippen LogP contribution >= 0.6 is 0 Å². The van der Waals surface area contributed by atoms with Crippen LogP contribution in [-0.4, -0.2) is 53.3 Å². The van der Waals surface area contributed by atoms with Gasteiger partial charge in [-0.3, -0.25) is 4.79 Å². The number of aromatic nitrogens is 2. The first kappa shape index (κ1) is 22.2. The average Bonchev–Trinajstić information content (AvgIpc) is 3.17. The van der Waals surface area contributed by atoms with Crippen LogP contribution in [0.1, 0.15) is 94.2 Å². The van der Waals surface area contributed by atoms with E-state index in [1.54, 1.807) is 0 Å². The number of carboxylic acid groups (broad SMARTS) is 1. The zero-order chi connectivity index (χ0) is 20.9. The number of hydrogen-bond donors (Lipinski definition) is 1. The molecule has 1 saturated carbocycles. The van der Waals surface area contributed by atoms with Crippen molar-refractivity contribution >= 4 is 16.0 Å². The van der Waals surface area contributed by atoms with Crippen LogP contribution in [-0.2, 0) is 14.8 Å². The highest BCUT2D eigenvalue weighted by Crippen LogP contribution is 2.32. The monoisotopic (exact) mass is 427 g/mol. The average molecular weight is 428 g/mol. The Bertz CT molecular complexity index is 765. The highest BCUT2D eigenvalue weighted by atomic mass is 32.2. The maximum absolute atomic E-state index is 11.7. The molecule has 1 aromatic heterocycles. The summed E-state index contributed by atoms with van der Waals surface area (Å²) in [6.07, 6.45) is 11.9. The summed E-state index contributed by atoms with van der Waals surface area (Å²) in [7, 11) is -3.17. The van der Waals surface area contributed by atoms with Gasteiger partial charge in [0.2, 0.25) is 15.9 Å². The van der Waals surface area contributed by atoms with Crippen molar-refractivity contribution in [1.29, 1.82) is 0 Å². The fraction of sp³-hybridized carbons (Fsp3) is 0.850. The molecule has 2 aliphatic rings. The quantitative estimate of drug-likeness (QED) is 0.641. The Morgan fingerprint density at radius 3 is 2.52 bits per heavy atom. The first-order valence-corrected chi connectivity index (χ1v) is 12.7. The molecule has 0 radical (unpaired) electrons.